The van der Waals surface area contributed by atoms with Crippen LogP contribution in [0.4, 0.5) is 0 Å². The Morgan fingerprint density at radius 2 is 0.699 bits per heavy atom. The summed E-state index contributed by atoms with van der Waals surface area (Å²) in [5.41, 5.74) is 19.4. The summed E-state index contributed by atoms with van der Waals surface area (Å²) in [6.07, 6.45) is 0. The Morgan fingerprint density at radius 1 is 0.274 bits per heavy atom. The lowest BCUT2D eigenvalue weighted by molar-refractivity contribution is 0.661. The predicted molar refractivity (Wildman–Crippen MR) is 309 cm³/mol. The standard InChI is InChI=1S/C71H48N2/c1-71(2)63-40-52(68-42-50-22-14-16-28-66(50)73(68)56-25-7-4-8-26-56)33-35-57(63)59-43-61-62(44-64(59)71)70(54-32-30-46-18-10-12-20-48(46)38-54)60-39-51(34-36-58(60)69(61)53-31-29-45-17-9-11-19-47(45)37-53)67-41-49-21-13-15-27-65(49)72(67)55-23-5-3-6-24-55/h3-44H,1-2H3. The minimum atomic E-state index is -0.296. The summed E-state index contributed by atoms with van der Waals surface area (Å²) in [4.78, 5) is 0. The predicted octanol–water partition coefficient (Wildman–Crippen LogP) is 19.2. The molecule has 0 atom stereocenters. The highest BCUT2D eigenvalue weighted by molar-refractivity contribution is 6.24. The van der Waals surface area contributed by atoms with Crippen molar-refractivity contribution in [2.75, 3.05) is 0 Å². The minimum Gasteiger partial charge on any atom is -0.309 e. The average molecular weight is 929 g/mol. The van der Waals surface area contributed by atoms with Gasteiger partial charge in [0.2, 0.25) is 0 Å². The Balaban J connectivity index is 1.03. The monoisotopic (exact) mass is 928 g/mol. The van der Waals surface area contributed by atoms with Crippen molar-refractivity contribution in [2.24, 2.45) is 0 Å². The van der Waals surface area contributed by atoms with E-state index in [1.165, 1.54) is 132 Å². The summed E-state index contributed by atoms with van der Waals surface area (Å²) >= 11 is 0. The van der Waals surface area contributed by atoms with E-state index in [1.54, 1.807) is 0 Å². The smallest absolute Gasteiger partial charge is 0.0541 e. The van der Waals surface area contributed by atoms with Gasteiger partial charge in [-0.05, 0) is 184 Å². The molecule has 12 aromatic carbocycles. The largest absolute Gasteiger partial charge is 0.309 e. The fourth-order valence-corrected chi connectivity index (χ4v) is 12.5. The molecule has 0 saturated heterocycles. The highest BCUT2D eigenvalue weighted by atomic mass is 15.0. The molecule has 0 saturated carbocycles. The van der Waals surface area contributed by atoms with Gasteiger partial charge in [-0.15, -0.1) is 0 Å². The molecule has 1 aliphatic rings. The van der Waals surface area contributed by atoms with E-state index in [2.05, 4.69) is 278 Å². The fraction of sp³-hybridized carbons (Fsp3) is 0.0423. The van der Waals surface area contributed by atoms with E-state index in [-0.39, 0.29) is 5.41 Å². The van der Waals surface area contributed by atoms with Crippen LogP contribution in [-0.4, -0.2) is 9.13 Å². The van der Waals surface area contributed by atoms with Gasteiger partial charge < -0.3 is 9.13 Å². The van der Waals surface area contributed by atoms with E-state index >= 15 is 0 Å². The van der Waals surface area contributed by atoms with Gasteiger partial charge in [0.25, 0.3) is 0 Å². The van der Waals surface area contributed by atoms with Gasteiger partial charge in [-0.2, -0.15) is 0 Å². The Morgan fingerprint density at radius 3 is 1.27 bits per heavy atom. The van der Waals surface area contributed by atoms with Crippen molar-refractivity contribution in [3.63, 3.8) is 0 Å². The van der Waals surface area contributed by atoms with Gasteiger partial charge in [-0.3, -0.25) is 0 Å². The quantitative estimate of drug-likeness (QED) is 0.147. The molecule has 342 valence electrons. The lowest BCUT2D eigenvalue weighted by atomic mass is 9.79. The molecule has 2 aromatic heterocycles. The number of aromatic nitrogens is 2. The molecule has 73 heavy (non-hydrogen) atoms. The zero-order chi connectivity index (χ0) is 48.4. The molecule has 0 radical (unpaired) electrons. The molecule has 2 nitrogen and oxygen atoms in total. The van der Waals surface area contributed by atoms with Gasteiger partial charge in [0.15, 0.2) is 0 Å². The van der Waals surface area contributed by atoms with Crippen LogP contribution in [0.1, 0.15) is 25.0 Å². The van der Waals surface area contributed by atoms with E-state index in [1.807, 2.05) is 0 Å². The molecule has 2 heteroatoms. The Labute approximate surface area is 424 Å². The maximum atomic E-state index is 2.58. The number of hydrogen-bond donors (Lipinski definition) is 0. The normalized spacial score (nSPS) is 12.9. The molecule has 0 bridgehead atoms. The van der Waals surface area contributed by atoms with Gasteiger partial charge in [0.05, 0.1) is 22.4 Å². The summed E-state index contributed by atoms with van der Waals surface area (Å²) < 4.78 is 4.85. The molecule has 0 fully saturated rings. The molecule has 1 aliphatic carbocycles. The number of para-hydroxylation sites is 4. The van der Waals surface area contributed by atoms with Gasteiger partial charge in [-0.25, -0.2) is 0 Å². The third-order valence-electron chi connectivity index (χ3n) is 16.0. The Bertz CT molecular complexity index is 4570. The molecule has 0 N–H and O–H groups in total. The summed E-state index contributed by atoms with van der Waals surface area (Å²) in [5, 5.41) is 12.4. The zero-order valence-electron chi connectivity index (χ0n) is 40.6. The van der Waals surface area contributed by atoms with Crippen molar-refractivity contribution < 1.29 is 0 Å². The van der Waals surface area contributed by atoms with Crippen LogP contribution in [0.3, 0.4) is 0 Å². The maximum absolute atomic E-state index is 2.58. The molecule has 0 amide bonds. The zero-order valence-corrected chi connectivity index (χ0v) is 40.6. The first kappa shape index (κ1) is 41.5. The maximum Gasteiger partial charge on any atom is 0.0541 e. The van der Waals surface area contributed by atoms with Gasteiger partial charge in [0.1, 0.15) is 0 Å². The molecule has 14 aromatic rings. The minimum absolute atomic E-state index is 0.296. The van der Waals surface area contributed by atoms with Crippen molar-refractivity contribution in [2.45, 2.75) is 19.3 Å². The van der Waals surface area contributed by atoms with Crippen LogP contribution >= 0.6 is 0 Å². The van der Waals surface area contributed by atoms with E-state index < -0.39 is 0 Å². The van der Waals surface area contributed by atoms with E-state index in [4.69, 9.17) is 0 Å². The number of rotatable bonds is 6. The highest BCUT2D eigenvalue weighted by Crippen LogP contribution is 2.55. The molecule has 2 heterocycles. The lowest BCUT2D eigenvalue weighted by Gasteiger charge is -2.24. The summed E-state index contributed by atoms with van der Waals surface area (Å²) in [5.74, 6) is 0. The van der Waals surface area contributed by atoms with Gasteiger partial charge in [0, 0.05) is 27.6 Å². The van der Waals surface area contributed by atoms with Crippen molar-refractivity contribution in [1.29, 1.82) is 0 Å². The first-order chi connectivity index (χ1) is 35.9. The summed E-state index contributed by atoms with van der Waals surface area (Å²) in [6, 6.07) is 95.1. The lowest BCUT2D eigenvalue weighted by Crippen LogP contribution is -2.15. The number of benzene rings is 12. The first-order valence-electron chi connectivity index (χ1n) is 25.5. The second-order valence-electron chi connectivity index (χ2n) is 20.5. The Kier molecular flexibility index (Phi) is 9.04. The van der Waals surface area contributed by atoms with E-state index in [9.17, 15) is 0 Å². The molecule has 15 rings (SSSR count). The molecular weight excluding hydrogens is 881 g/mol. The van der Waals surface area contributed by atoms with Crippen LogP contribution < -0.4 is 0 Å². The summed E-state index contributed by atoms with van der Waals surface area (Å²) in [6.45, 7) is 4.86. The van der Waals surface area contributed by atoms with Crippen LogP contribution in [0, 0.1) is 0 Å². The highest BCUT2D eigenvalue weighted by Gasteiger charge is 2.37. The van der Waals surface area contributed by atoms with Crippen LogP contribution in [0.2, 0.25) is 0 Å². The van der Waals surface area contributed by atoms with Gasteiger partial charge >= 0.3 is 0 Å². The molecular formula is C71H48N2. The fourth-order valence-electron chi connectivity index (χ4n) is 12.5. The molecule has 0 spiro atoms. The third kappa shape index (κ3) is 6.37. The van der Waals surface area contributed by atoms with Gasteiger partial charge in [-0.1, -0.05) is 184 Å². The van der Waals surface area contributed by atoms with Crippen LogP contribution in [0.15, 0.2) is 255 Å². The number of nitrogens with zero attached hydrogens (tertiary/aromatic N) is 2. The van der Waals surface area contributed by atoms with Crippen LogP contribution in [-0.2, 0) is 5.41 Å². The number of hydrogen-bond acceptors (Lipinski definition) is 0. The SMILES string of the molecule is CC1(C)c2cc(-c3cc4ccccc4n3-c3ccccc3)ccc2-c2cc3c(-c4ccc5ccccc5c4)c4ccc(-c5cc6ccccc6n5-c5ccccc5)cc4c(-c4ccc5ccccc5c4)c3cc21. The van der Waals surface area contributed by atoms with Crippen LogP contribution in [0.25, 0.3) is 132 Å². The topological polar surface area (TPSA) is 9.86 Å². The van der Waals surface area contributed by atoms with Crippen molar-refractivity contribution in [1.82, 2.24) is 9.13 Å². The molecule has 0 unspecified atom stereocenters. The van der Waals surface area contributed by atoms with E-state index in [0.717, 1.165) is 11.4 Å². The van der Waals surface area contributed by atoms with E-state index in [0.29, 0.717) is 0 Å². The van der Waals surface area contributed by atoms with Crippen molar-refractivity contribution in [3.05, 3.63) is 266 Å². The molecule has 0 aliphatic heterocycles. The average Bonchev–Trinajstić information content (AvgIpc) is 4.11. The Hall–Kier alpha value is -9.24. The van der Waals surface area contributed by atoms with Crippen molar-refractivity contribution in [3.8, 4) is 67.3 Å². The second kappa shape index (κ2) is 15.9. The number of fused-ring (bicyclic) bond motifs is 9. The van der Waals surface area contributed by atoms with Crippen molar-refractivity contribution >= 4 is 64.9 Å². The van der Waals surface area contributed by atoms with Crippen LogP contribution in [0.5, 0.6) is 0 Å². The summed E-state index contributed by atoms with van der Waals surface area (Å²) in [7, 11) is 0. The first-order valence-corrected chi connectivity index (χ1v) is 25.5. The third-order valence-corrected chi connectivity index (χ3v) is 16.0. The second-order valence-corrected chi connectivity index (χ2v) is 20.5.